The molecule has 4 heteroatoms. The standard InChI is InChI=1S/C13H15N3O/c1-2-12-13(15-6-5-14-12)9-11(1)16-10-3-7-17-8-4-10/h1-2,5-6,9-10,16H,3-4,7-8H2. The average Bonchev–Trinajstić information content (AvgIpc) is 2.40. The van der Waals surface area contributed by atoms with Crippen molar-refractivity contribution in [2.24, 2.45) is 0 Å². The number of hydrogen-bond acceptors (Lipinski definition) is 4. The molecule has 2 aromatic rings. The van der Waals surface area contributed by atoms with Crippen molar-refractivity contribution < 1.29 is 4.74 Å². The average molecular weight is 229 g/mol. The monoisotopic (exact) mass is 229 g/mol. The summed E-state index contributed by atoms with van der Waals surface area (Å²) in [6.07, 6.45) is 5.57. The molecule has 0 aliphatic carbocycles. The number of ether oxygens (including phenoxy) is 1. The number of nitrogens with zero attached hydrogens (tertiary/aromatic N) is 2. The Hall–Kier alpha value is -1.68. The molecule has 0 radical (unpaired) electrons. The Balaban J connectivity index is 1.80. The zero-order chi connectivity index (χ0) is 11.5. The van der Waals surface area contributed by atoms with E-state index < -0.39 is 0 Å². The largest absolute Gasteiger partial charge is 0.382 e. The molecule has 1 N–H and O–H groups in total. The van der Waals surface area contributed by atoms with Crippen LogP contribution < -0.4 is 5.32 Å². The van der Waals surface area contributed by atoms with Crippen molar-refractivity contribution in [1.82, 2.24) is 9.97 Å². The summed E-state index contributed by atoms with van der Waals surface area (Å²) in [6, 6.07) is 6.63. The minimum atomic E-state index is 0.512. The summed E-state index contributed by atoms with van der Waals surface area (Å²) in [7, 11) is 0. The van der Waals surface area contributed by atoms with Gasteiger partial charge >= 0.3 is 0 Å². The van der Waals surface area contributed by atoms with Crippen molar-refractivity contribution in [2.45, 2.75) is 18.9 Å². The van der Waals surface area contributed by atoms with Crippen LogP contribution in [-0.4, -0.2) is 29.2 Å². The SMILES string of the molecule is c1cnc2cc(NC3CCOCC3)ccc2n1. The normalized spacial score (nSPS) is 17.2. The van der Waals surface area contributed by atoms with Crippen molar-refractivity contribution in [2.75, 3.05) is 18.5 Å². The highest BCUT2D eigenvalue weighted by atomic mass is 16.5. The lowest BCUT2D eigenvalue weighted by Gasteiger charge is -2.24. The molecule has 4 nitrogen and oxygen atoms in total. The van der Waals surface area contributed by atoms with Gasteiger partial charge in [0.15, 0.2) is 0 Å². The molecular formula is C13H15N3O. The Morgan fingerprint density at radius 3 is 2.65 bits per heavy atom. The Labute approximate surface area is 100 Å². The first-order valence-corrected chi connectivity index (χ1v) is 5.97. The molecule has 3 rings (SSSR count). The maximum Gasteiger partial charge on any atom is 0.0907 e. The molecule has 88 valence electrons. The van der Waals surface area contributed by atoms with Crippen molar-refractivity contribution in [3.63, 3.8) is 0 Å². The Morgan fingerprint density at radius 1 is 1.06 bits per heavy atom. The summed E-state index contributed by atoms with van der Waals surface area (Å²) in [5, 5.41) is 3.53. The number of fused-ring (bicyclic) bond motifs is 1. The van der Waals surface area contributed by atoms with E-state index in [1.807, 2.05) is 6.07 Å². The van der Waals surface area contributed by atoms with Gasteiger partial charge in [-0.3, -0.25) is 9.97 Å². The summed E-state index contributed by atoms with van der Waals surface area (Å²) in [6.45, 7) is 1.70. The van der Waals surface area contributed by atoms with Crippen molar-refractivity contribution in [1.29, 1.82) is 0 Å². The second-order valence-corrected chi connectivity index (χ2v) is 4.29. The molecule has 0 spiro atoms. The number of aromatic nitrogens is 2. The second-order valence-electron chi connectivity index (χ2n) is 4.29. The second kappa shape index (κ2) is 4.67. The van der Waals surface area contributed by atoms with E-state index in [9.17, 15) is 0 Å². The summed E-state index contributed by atoms with van der Waals surface area (Å²) in [4.78, 5) is 8.57. The third-order valence-corrected chi connectivity index (χ3v) is 3.06. The van der Waals surface area contributed by atoms with Crippen LogP contribution in [0.4, 0.5) is 5.69 Å². The van der Waals surface area contributed by atoms with Crippen LogP contribution in [0.5, 0.6) is 0 Å². The molecule has 0 amide bonds. The van der Waals surface area contributed by atoms with Gasteiger partial charge in [-0.15, -0.1) is 0 Å². The minimum Gasteiger partial charge on any atom is -0.382 e. The highest BCUT2D eigenvalue weighted by molar-refractivity contribution is 5.78. The third kappa shape index (κ3) is 2.36. The van der Waals surface area contributed by atoms with E-state index in [-0.39, 0.29) is 0 Å². The topological polar surface area (TPSA) is 47.0 Å². The maximum atomic E-state index is 5.35. The van der Waals surface area contributed by atoms with E-state index in [4.69, 9.17) is 4.74 Å². The van der Waals surface area contributed by atoms with E-state index in [1.165, 1.54) is 0 Å². The van der Waals surface area contributed by atoms with Gasteiger partial charge in [-0.2, -0.15) is 0 Å². The predicted molar refractivity (Wildman–Crippen MR) is 67.0 cm³/mol. The highest BCUT2D eigenvalue weighted by Gasteiger charge is 2.13. The van der Waals surface area contributed by atoms with Crippen LogP contribution in [0, 0.1) is 0 Å². The van der Waals surface area contributed by atoms with Crippen LogP contribution in [0.2, 0.25) is 0 Å². The van der Waals surface area contributed by atoms with Gasteiger partial charge < -0.3 is 10.1 Å². The van der Waals surface area contributed by atoms with Crippen LogP contribution in [0.25, 0.3) is 11.0 Å². The van der Waals surface area contributed by atoms with Gasteiger partial charge in [0.1, 0.15) is 0 Å². The molecule has 1 aliphatic heterocycles. The van der Waals surface area contributed by atoms with E-state index in [1.54, 1.807) is 12.4 Å². The molecular weight excluding hydrogens is 214 g/mol. The highest BCUT2D eigenvalue weighted by Crippen LogP contribution is 2.18. The molecule has 0 atom stereocenters. The third-order valence-electron chi connectivity index (χ3n) is 3.06. The molecule has 0 unspecified atom stereocenters. The zero-order valence-electron chi connectivity index (χ0n) is 9.60. The van der Waals surface area contributed by atoms with Crippen LogP contribution in [0.3, 0.4) is 0 Å². The van der Waals surface area contributed by atoms with Gasteiger partial charge in [0.2, 0.25) is 0 Å². The molecule has 1 aromatic carbocycles. The van der Waals surface area contributed by atoms with Crippen LogP contribution in [-0.2, 0) is 4.74 Å². The molecule has 1 aromatic heterocycles. The van der Waals surface area contributed by atoms with E-state index >= 15 is 0 Å². The quantitative estimate of drug-likeness (QED) is 0.857. The van der Waals surface area contributed by atoms with Crippen LogP contribution in [0.15, 0.2) is 30.6 Å². The van der Waals surface area contributed by atoms with E-state index in [2.05, 4.69) is 27.4 Å². The number of anilines is 1. The fourth-order valence-corrected chi connectivity index (χ4v) is 2.13. The summed E-state index contributed by atoms with van der Waals surface area (Å²) < 4.78 is 5.35. The van der Waals surface area contributed by atoms with Gasteiger partial charge in [-0.05, 0) is 31.0 Å². The lowest BCUT2D eigenvalue weighted by Crippen LogP contribution is -2.27. The molecule has 2 heterocycles. The Morgan fingerprint density at radius 2 is 1.82 bits per heavy atom. The number of rotatable bonds is 2. The number of nitrogens with one attached hydrogen (secondary N) is 1. The smallest absolute Gasteiger partial charge is 0.0907 e. The number of benzene rings is 1. The van der Waals surface area contributed by atoms with Crippen LogP contribution in [0.1, 0.15) is 12.8 Å². The molecule has 1 aliphatic rings. The van der Waals surface area contributed by atoms with Crippen molar-refractivity contribution in [3.05, 3.63) is 30.6 Å². The van der Waals surface area contributed by atoms with Gasteiger partial charge in [0.25, 0.3) is 0 Å². The summed E-state index contributed by atoms with van der Waals surface area (Å²) in [5.74, 6) is 0. The van der Waals surface area contributed by atoms with Gasteiger partial charge in [-0.25, -0.2) is 0 Å². The Bertz CT molecular complexity index is 509. The first-order valence-electron chi connectivity index (χ1n) is 5.97. The van der Waals surface area contributed by atoms with Crippen LogP contribution >= 0.6 is 0 Å². The number of hydrogen-bond donors (Lipinski definition) is 1. The molecule has 1 fully saturated rings. The minimum absolute atomic E-state index is 0.512. The fraction of sp³-hybridized carbons (Fsp3) is 0.385. The Kier molecular flexibility index (Phi) is 2.88. The lowest BCUT2D eigenvalue weighted by molar-refractivity contribution is 0.0904. The summed E-state index contributed by atoms with van der Waals surface area (Å²) in [5.41, 5.74) is 2.99. The molecule has 0 saturated carbocycles. The summed E-state index contributed by atoms with van der Waals surface area (Å²) >= 11 is 0. The van der Waals surface area contributed by atoms with E-state index in [0.29, 0.717) is 6.04 Å². The first-order chi connectivity index (χ1) is 8.42. The molecule has 1 saturated heterocycles. The molecule has 17 heavy (non-hydrogen) atoms. The van der Waals surface area contributed by atoms with E-state index in [0.717, 1.165) is 42.8 Å². The van der Waals surface area contributed by atoms with Crippen molar-refractivity contribution >= 4 is 16.7 Å². The van der Waals surface area contributed by atoms with Gasteiger partial charge in [0.05, 0.1) is 11.0 Å². The first kappa shape index (κ1) is 10.5. The molecule has 0 bridgehead atoms. The zero-order valence-corrected chi connectivity index (χ0v) is 9.60. The lowest BCUT2D eigenvalue weighted by atomic mass is 10.1. The van der Waals surface area contributed by atoms with Gasteiger partial charge in [0, 0.05) is 37.3 Å². The van der Waals surface area contributed by atoms with Gasteiger partial charge in [-0.1, -0.05) is 0 Å². The fourth-order valence-electron chi connectivity index (χ4n) is 2.13. The maximum absolute atomic E-state index is 5.35. The van der Waals surface area contributed by atoms with Crippen molar-refractivity contribution in [3.8, 4) is 0 Å². The predicted octanol–water partition coefficient (Wildman–Crippen LogP) is 2.22.